The highest BCUT2D eigenvalue weighted by atomic mass is 19.2. The van der Waals surface area contributed by atoms with Crippen molar-refractivity contribution in [1.82, 2.24) is 14.8 Å². The quantitative estimate of drug-likeness (QED) is 0.721. The van der Waals surface area contributed by atoms with Crippen LogP contribution in [0.25, 0.3) is 5.69 Å². The molecular formula is C15H9F3N4O2. The molecule has 2 aromatic carbocycles. The third-order valence-corrected chi connectivity index (χ3v) is 3.12. The summed E-state index contributed by atoms with van der Waals surface area (Å²) in [6, 6.07) is 9.80. The van der Waals surface area contributed by atoms with Crippen LogP contribution in [-0.2, 0) is 0 Å². The van der Waals surface area contributed by atoms with Crippen LogP contribution in [0.5, 0.6) is 0 Å². The molecule has 24 heavy (non-hydrogen) atoms. The summed E-state index contributed by atoms with van der Waals surface area (Å²) in [5.74, 6) is -6.03. The number of amides is 1. The Hall–Kier alpha value is -3.36. The molecule has 1 aromatic heterocycles. The van der Waals surface area contributed by atoms with E-state index in [1.807, 2.05) is 5.32 Å². The molecule has 0 aliphatic rings. The van der Waals surface area contributed by atoms with Gasteiger partial charge in [0.2, 0.25) is 5.82 Å². The fourth-order valence-electron chi connectivity index (χ4n) is 1.97. The van der Waals surface area contributed by atoms with E-state index in [2.05, 4.69) is 10.1 Å². The van der Waals surface area contributed by atoms with Crippen molar-refractivity contribution < 1.29 is 18.0 Å². The first-order valence-corrected chi connectivity index (χ1v) is 6.67. The number of benzene rings is 2. The van der Waals surface area contributed by atoms with Crippen molar-refractivity contribution in [3.05, 3.63) is 76.2 Å². The van der Waals surface area contributed by atoms with Crippen molar-refractivity contribution >= 4 is 11.6 Å². The number of hydrogen-bond acceptors (Lipinski definition) is 3. The van der Waals surface area contributed by atoms with Gasteiger partial charge in [-0.1, -0.05) is 18.2 Å². The summed E-state index contributed by atoms with van der Waals surface area (Å²) >= 11 is 0. The Morgan fingerprint density at radius 3 is 2.46 bits per heavy atom. The van der Waals surface area contributed by atoms with Gasteiger partial charge in [-0.25, -0.2) is 18.0 Å². The zero-order valence-electron chi connectivity index (χ0n) is 11.9. The summed E-state index contributed by atoms with van der Waals surface area (Å²) in [7, 11) is 0. The van der Waals surface area contributed by atoms with E-state index in [1.54, 1.807) is 30.3 Å². The van der Waals surface area contributed by atoms with Crippen molar-refractivity contribution in [3.8, 4) is 5.69 Å². The number of anilines is 1. The molecule has 3 rings (SSSR count). The van der Waals surface area contributed by atoms with Crippen LogP contribution in [0, 0.1) is 17.5 Å². The first kappa shape index (κ1) is 15.5. The van der Waals surface area contributed by atoms with Gasteiger partial charge in [0, 0.05) is 0 Å². The van der Waals surface area contributed by atoms with E-state index < -0.39 is 40.6 Å². The van der Waals surface area contributed by atoms with Crippen LogP contribution >= 0.6 is 0 Å². The van der Waals surface area contributed by atoms with Gasteiger partial charge in [0.05, 0.1) is 11.4 Å². The lowest BCUT2D eigenvalue weighted by Gasteiger charge is -2.05. The standard InChI is InChI=1S/C15H9F3N4O2/c16-9-6-7-10(12(18)11(9)17)19-14(23)13-20-15(24)22(21-13)8-4-2-1-3-5-8/h1-7H,(H,19,23)(H,20,21,24). The number of H-pyrrole nitrogens is 1. The van der Waals surface area contributed by atoms with Gasteiger partial charge in [0.15, 0.2) is 17.5 Å². The molecule has 0 atom stereocenters. The van der Waals surface area contributed by atoms with Gasteiger partial charge < -0.3 is 5.32 Å². The van der Waals surface area contributed by atoms with Gasteiger partial charge in [-0.05, 0) is 24.3 Å². The molecule has 0 aliphatic carbocycles. The number of carbonyl (C=O) groups excluding carboxylic acids is 1. The lowest BCUT2D eigenvalue weighted by Crippen LogP contribution is -2.16. The molecule has 1 heterocycles. The summed E-state index contributed by atoms with van der Waals surface area (Å²) in [6.45, 7) is 0. The third-order valence-electron chi connectivity index (χ3n) is 3.12. The molecule has 0 bridgehead atoms. The number of para-hydroxylation sites is 1. The summed E-state index contributed by atoms with van der Waals surface area (Å²) in [6.07, 6.45) is 0. The maximum absolute atomic E-state index is 13.6. The van der Waals surface area contributed by atoms with Crippen LogP contribution in [0.2, 0.25) is 0 Å². The van der Waals surface area contributed by atoms with E-state index in [0.29, 0.717) is 11.8 Å². The zero-order valence-corrected chi connectivity index (χ0v) is 11.9. The second-order valence-electron chi connectivity index (χ2n) is 4.70. The first-order valence-electron chi connectivity index (χ1n) is 6.67. The van der Waals surface area contributed by atoms with Crippen molar-refractivity contribution in [3.63, 3.8) is 0 Å². The van der Waals surface area contributed by atoms with E-state index >= 15 is 0 Å². The normalized spacial score (nSPS) is 10.6. The predicted molar refractivity (Wildman–Crippen MR) is 78.5 cm³/mol. The molecule has 3 aromatic rings. The summed E-state index contributed by atoms with van der Waals surface area (Å²) in [5.41, 5.74) is -0.845. The SMILES string of the molecule is O=C(Nc1ccc(F)c(F)c1F)c1nn(-c2ccccc2)c(=O)[nH]1. The average molecular weight is 334 g/mol. The smallest absolute Gasteiger partial charge is 0.317 e. The Bertz CT molecular complexity index is 967. The molecule has 0 aliphatic heterocycles. The van der Waals surface area contributed by atoms with Gasteiger partial charge in [-0.2, -0.15) is 4.68 Å². The summed E-state index contributed by atoms with van der Waals surface area (Å²) in [5, 5.41) is 5.81. The topological polar surface area (TPSA) is 79.8 Å². The third kappa shape index (κ3) is 2.78. The van der Waals surface area contributed by atoms with Crippen LogP contribution in [0.1, 0.15) is 10.6 Å². The van der Waals surface area contributed by atoms with E-state index in [4.69, 9.17) is 0 Å². The maximum atomic E-state index is 13.6. The molecule has 9 heteroatoms. The number of rotatable bonds is 3. The number of aromatic nitrogens is 3. The Morgan fingerprint density at radius 2 is 1.75 bits per heavy atom. The van der Waals surface area contributed by atoms with E-state index in [0.717, 1.165) is 10.7 Å². The lowest BCUT2D eigenvalue weighted by molar-refractivity contribution is 0.101. The van der Waals surface area contributed by atoms with Gasteiger partial charge in [-0.3, -0.25) is 9.78 Å². The molecule has 0 fully saturated rings. The first-order chi connectivity index (χ1) is 11.5. The molecule has 0 saturated carbocycles. The molecule has 0 spiro atoms. The van der Waals surface area contributed by atoms with Crippen molar-refractivity contribution in [2.24, 2.45) is 0 Å². The van der Waals surface area contributed by atoms with Crippen molar-refractivity contribution in [2.75, 3.05) is 5.32 Å². The number of halogens is 3. The molecule has 1 amide bonds. The fourth-order valence-corrected chi connectivity index (χ4v) is 1.97. The minimum Gasteiger partial charge on any atom is -0.317 e. The molecule has 0 unspecified atom stereocenters. The van der Waals surface area contributed by atoms with Crippen LogP contribution in [-0.4, -0.2) is 20.7 Å². The van der Waals surface area contributed by atoms with E-state index in [-0.39, 0.29) is 0 Å². The fraction of sp³-hybridized carbons (Fsp3) is 0. The minimum absolute atomic E-state index is 0.409. The van der Waals surface area contributed by atoms with E-state index in [1.165, 1.54) is 0 Å². The Labute approximate surface area is 132 Å². The monoisotopic (exact) mass is 334 g/mol. The molecular weight excluding hydrogens is 325 g/mol. The second kappa shape index (κ2) is 6.03. The molecule has 122 valence electrons. The van der Waals surface area contributed by atoms with E-state index in [9.17, 15) is 22.8 Å². The van der Waals surface area contributed by atoms with Crippen LogP contribution in [0.15, 0.2) is 47.3 Å². The summed E-state index contributed by atoms with van der Waals surface area (Å²) < 4.78 is 40.5. The van der Waals surface area contributed by atoms with Crippen molar-refractivity contribution in [2.45, 2.75) is 0 Å². The Balaban J connectivity index is 1.90. The molecule has 2 N–H and O–H groups in total. The Morgan fingerprint density at radius 1 is 1.04 bits per heavy atom. The van der Waals surface area contributed by atoms with Crippen molar-refractivity contribution in [1.29, 1.82) is 0 Å². The average Bonchev–Trinajstić information content (AvgIpc) is 2.98. The molecule has 6 nitrogen and oxygen atoms in total. The minimum atomic E-state index is -1.71. The highest BCUT2D eigenvalue weighted by molar-refractivity contribution is 6.01. The second-order valence-corrected chi connectivity index (χ2v) is 4.70. The Kier molecular flexibility index (Phi) is 3.90. The molecule has 0 saturated heterocycles. The number of hydrogen-bond donors (Lipinski definition) is 2. The molecule has 0 radical (unpaired) electrons. The van der Waals surface area contributed by atoms with Gasteiger partial charge in [-0.15, -0.1) is 5.10 Å². The highest BCUT2D eigenvalue weighted by Gasteiger charge is 2.19. The zero-order chi connectivity index (χ0) is 17.3. The predicted octanol–water partition coefficient (Wildman–Crippen LogP) is 2.23. The number of carbonyl (C=O) groups is 1. The number of nitrogens with zero attached hydrogens (tertiary/aromatic N) is 2. The van der Waals surface area contributed by atoms with Gasteiger partial charge >= 0.3 is 5.69 Å². The lowest BCUT2D eigenvalue weighted by atomic mass is 10.2. The van der Waals surface area contributed by atoms with Crippen LogP contribution in [0.3, 0.4) is 0 Å². The number of nitrogens with one attached hydrogen (secondary N) is 2. The largest absolute Gasteiger partial charge is 0.348 e. The maximum Gasteiger partial charge on any atom is 0.348 e. The summed E-state index contributed by atoms with van der Waals surface area (Å²) in [4.78, 5) is 26.1. The number of aromatic amines is 1. The van der Waals surface area contributed by atoms with Crippen LogP contribution < -0.4 is 11.0 Å². The van der Waals surface area contributed by atoms with Gasteiger partial charge in [0.25, 0.3) is 5.91 Å². The van der Waals surface area contributed by atoms with Gasteiger partial charge in [0.1, 0.15) is 0 Å². The highest BCUT2D eigenvalue weighted by Crippen LogP contribution is 2.19. The van der Waals surface area contributed by atoms with Crippen LogP contribution in [0.4, 0.5) is 18.9 Å².